The highest BCUT2D eigenvalue weighted by Gasteiger charge is 2.16. The molecular formula is C16H17ClO2S. The number of aliphatic hydroxyl groups excluding tert-OH is 1. The van der Waals surface area contributed by atoms with E-state index in [-0.39, 0.29) is 0 Å². The van der Waals surface area contributed by atoms with Crippen LogP contribution >= 0.6 is 22.9 Å². The minimum absolute atomic E-state index is 0.481. The average Bonchev–Trinajstić information content (AvgIpc) is 3.03. The third-order valence-corrected chi connectivity index (χ3v) is 5.50. The van der Waals surface area contributed by atoms with Crippen LogP contribution in [0.15, 0.2) is 23.6 Å². The van der Waals surface area contributed by atoms with E-state index in [4.69, 9.17) is 16.3 Å². The van der Waals surface area contributed by atoms with Gasteiger partial charge in [-0.1, -0.05) is 23.7 Å². The summed E-state index contributed by atoms with van der Waals surface area (Å²) >= 11 is 7.73. The van der Waals surface area contributed by atoms with Crippen LogP contribution in [-0.2, 0) is 12.8 Å². The molecule has 20 heavy (non-hydrogen) atoms. The summed E-state index contributed by atoms with van der Waals surface area (Å²) in [6.07, 6.45) is 2.05. The molecule has 1 unspecified atom stereocenters. The maximum atomic E-state index is 10.3. The Morgan fingerprint density at radius 1 is 1.45 bits per heavy atom. The fraction of sp³-hybridized carbons (Fsp3) is 0.375. The number of aliphatic hydroxyl groups is 1. The Kier molecular flexibility index (Phi) is 4.01. The van der Waals surface area contributed by atoms with E-state index in [0.717, 1.165) is 35.6 Å². The summed E-state index contributed by atoms with van der Waals surface area (Å²) in [5, 5.41) is 13.0. The van der Waals surface area contributed by atoms with Gasteiger partial charge in [-0.3, -0.25) is 0 Å². The van der Waals surface area contributed by atoms with E-state index in [1.165, 1.54) is 22.5 Å². The number of hydrogen-bond donors (Lipinski definition) is 1. The van der Waals surface area contributed by atoms with E-state index in [9.17, 15) is 5.11 Å². The van der Waals surface area contributed by atoms with Gasteiger partial charge in [0.1, 0.15) is 5.75 Å². The number of fused-ring (bicyclic) bond motifs is 1. The molecule has 1 aromatic heterocycles. The van der Waals surface area contributed by atoms with Crippen LogP contribution < -0.4 is 4.74 Å². The first kappa shape index (κ1) is 13.9. The van der Waals surface area contributed by atoms with Crippen molar-refractivity contribution in [3.05, 3.63) is 50.2 Å². The van der Waals surface area contributed by atoms with Gasteiger partial charge in [-0.25, -0.2) is 0 Å². The molecule has 0 amide bonds. The average molecular weight is 309 g/mol. The third kappa shape index (κ3) is 2.71. The van der Waals surface area contributed by atoms with E-state index < -0.39 is 6.10 Å². The van der Waals surface area contributed by atoms with Crippen LogP contribution in [0.3, 0.4) is 0 Å². The predicted molar refractivity (Wildman–Crippen MR) is 83.0 cm³/mol. The van der Waals surface area contributed by atoms with E-state index in [1.807, 2.05) is 18.4 Å². The lowest BCUT2D eigenvalue weighted by atomic mass is 10.0. The lowest BCUT2D eigenvalue weighted by Gasteiger charge is -2.10. The first-order chi connectivity index (χ1) is 9.65. The molecule has 0 radical (unpaired) electrons. The molecular weight excluding hydrogens is 292 g/mol. The molecule has 1 atom stereocenters. The fourth-order valence-electron chi connectivity index (χ4n) is 2.50. The van der Waals surface area contributed by atoms with Crippen LogP contribution in [0.4, 0.5) is 0 Å². The highest BCUT2D eigenvalue weighted by Crippen LogP contribution is 2.34. The zero-order chi connectivity index (χ0) is 14.1. The molecule has 0 saturated heterocycles. The largest absolute Gasteiger partial charge is 0.493 e. The van der Waals surface area contributed by atoms with Gasteiger partial charge in [0.25, 0.3) is 0 Å². The monoisotopic (exact) mass is 308 g/mol. The van der Waals surface area contributed by atoms with Crippen LogP contribution in [-0.4, -0.2) is 11.7 Å². The summed E-state index contributed by atoms with van der Waals surface area (Å²) in [7, 11) is 0. The smallest absolute Gasteiger partial charge is 0.122 e. The molecule has 0 spiro atoms. The van der Waals surface area contributed by atoms with Crippen molar-refractivity contribution in [2.24, 2.45) is 0 Å². The first-order valence-electron chi connectivity index (χ1n) is 6.81. The van der Waals surface area contributed by atoms with Crippen molar-refractivity contribution in [2.45, 2.75) is 32.3 Å². The minimum atomic E-state index is -0.481. The first-order valence-corrected chi connectivity index (χ1v) is 8.07. The highest BCUT2D eigenvalue weighted by molar-refractivity contribution is 7.10. The summed E-state index contributed by atoms with van der Waals surface area (Å²) < 4.78 is 5.50. The van der Waals surface area contributed by atoms with Gasteiger partial charge in [0.15, 0.2) is 0 Å². The van der Waals surface area contributed by atoms with Crippen molar-refractivity contribution in [1.29, 1.82) is 0 Å². The Bertz CT molecular complexity index is 621. The molecule has 0 bridgehead atoms. The van der Waals surface area contributed by atoms with Gasteiger partial charge in [0.05, 0.1) is 22.6 Å². The molecule has 0 saturated carbocycles. The predicted octanol–water partition coefficient (Wildman–Crippen LogP) is 4.31. The van der Waals surface area contributed by atoms with Crippen molar-refractivity contribution in [2.75, 3.05) is 6.61 Å². The second-order valence-electron chi connectivity index (χ2n) is 5.19. The number of ether oxygens (including phenoxy) is 1. The van der Waals surface area contributed by atoms with Crippen molar-refractivity contribution in [3.8, 4) is 5.75 Å². The van der Waals surface area contributed by atoms with Gasteiger partial charge >= 0.3 is 0 Å². The number of aryl methyl sites for hydroxylation is 2. The fourth-order valence-corrected chi connectivity index (χ4v) is 3.84. The molecule has 4 heteroatoms. The minimum Gasteiger partial charge on any atom is -0.493 e. The van der Waals surface area contributed by atoms with E-state index in [1.54, 1.807) is 0 Å². The van der Waals surface area contributed by atoms with Gasteiger partial charge in [-0.05, 0) is 47.9 Å². The molecule has 106 valence electrons. The standard InChI is InChI=1S/C16H17ClO2S/c1-10-9-20-16(15(10)17)13(18)4-2-11-3-5-14-12(8-11)6-7-19-14/h3,5,8-9,13,18H,2,4,6-7H2,1H3. The van der Waals surface area contributed by atoms with Crippen LogP contribution in [0.1, 0.15) is 34.1 Å². The second-order valence-corrected chi connectivity index (χ2v) is 6.48. The Hall–Kier alpha value is -1.03. The highest BCUT2D eigenvalue weighted by atomic mass is 35.5. The summed E-state index contributed by atoms with van der Waals surface area (Å²) in [5.74, 6) is 1.01. The van der Waals surface area contributed by atoms with Gasteiger partial charge in [-0.15, -0.1) is 11.3 Å². The summed E-state index contributed by atoms with van der Waals surface area (Å²) in [5.41, 5.74) is 3.57. The van der Waals surface area contributed by atoms with E-state index in [0.29, 0.717) is 11.4 Å². The second kappa shape index (κ2) is 5.76. The van der Waals surface area contributed by atoms with Crippen LogP contribution in [0.25, 0.3) is 0 Å². The van der Waals surface area contributed by atoms with Crippen molar-refractivity contribution < 1.29 is 9.84 Å². The third-order valence-electron chi connectivity index (χ3n) is 3.69. The zero-order valence-electron chi connectivity index (χ0n) is 11.4. The number of thiophene rings is 1. The van der Waals surface area contributed by atoms with Crippen molar-refractivity contribution in [3.63, 3.8) is 0 Å². The summed E-state index contributed by atoms with van der Waals surface area (Å²) in [4.78, 5) is 0.883. The molecule has 1 aromatic carbocycles. The topological polar surface area (TPSA) is 29.5 Å². The van der Waals surface area contributed by atoms with Gasteiger partial charge in [0.2, 0.25) is 0 Å². The zero-order valence-corrected chi connectivity index (χ0v) is 12.9. The van der Waals surface area contributed by atoms with Crippen LogP contribution in [0.5, 0.6) is 5.75 Å². The Morgan fingerprint density at radius 3 is 3.05 bits per heavy atom. The van der Waals surface area contributed by atoms with Crippen LogP contribution in [0.2, 0.25) is 5.02 Å². The maximum absolute atomic E-state index is 10.3. The summed E-state index contributed by atoms with van der Waals surface area (Å²) in [6.45, 7) is 2.75. The number of hydrogen-bond acceptors (Lipinski definition) is 3. The van der Waals surface area contributed by atoms with E-state index in [2.05, 4.69) is 12.1 Å². The molecule has 2 aromatic rings. The molecule has 0 fully saturated rings. The Balaban J connectivity index is 1.66. The molecule has 2 heterocycles. The molecule has 1 N–H and O–H groups in total. The molecule has 2 nitrogen and oxygen atoms in total. The Morgan fingerprint density at radius 2 is 2.30 bits per heavy atom. The van der Waals surface area contributed by atoms with Gasteiger partial charge in [0, 0.05) is 6.42 Å². The SMILES string of the molecule is Cc1csc(C(O)CCc2ccc3c(c2)CCO3)c1Cl. The van der Waals surface area contributed by atoms with Crippen molar-refractivity contribution >= 4 is 22.9 Å². The van der Waals surface area contributed by atoms with Crippen LogP contribution in [0, 0.1) is 6.92 Å². The molecule has 1 aliphatic rings. The molecule has 0 aliphatic carbocycles. The molecule has 1 aliphatic heterocycles. The number of rotatable bonds is 4. The van der Waals surface area contributed by atoms with Crippen molar-refractivity contribution in [1.82, 2.24) is 0 Å². The maximum Gasteiger partial charge on any atom is 0.122 e. The van der Waals surface area contributed by atoms with Gasteiger partial charge < -0.3 is 9.84 Å². The Labute approximate surface area is 128 Å². The van der Waals surface area contributed by atoms with E-state index >= 15 is 0 Å². The molecule has 3 rings (SSSR count). The number of halogens is 1. The van der Waals surface area contributed by atoms with Gasteiger partial charge in [-0.2, -0.15) is 0 Å². The lowest BCUT2D eigenvalue weighted by Crippen LogP contribution is -1.98. The normalized spacial score (nSPS) is 14.9. The summed E-state index contributed by atoms with van der Waals surface area (Å²) in [6, 6.07) is 6.31. The number of benzene rings is 1. The quantitative estimate of drug-likeness (QED) is 0.912. The lowest BCUT2D eigenvalue weighted by molar-refractivity contribution is 0.171.